The van der Waals surface area contributed by atoms with E-state index in [1.54, 1.807) is 18.7 Å². The number of aliphatic imine (C=N–C) groups is 2. The summed E-state index contributed by atoms with van der Waals surface area (Å²) in [5.74, 6) is -4.37. The summed E-state index contributed by atoms with van der Waals surface area (Å²) in [7, 11) is 1.46. The molecule has 3 aliphatic rings. The van der Waals surface area contributed by atoms with E-state index in [9.17, 15) is 28.0 Å². The quantitative estimate of drug-likeness (QED) is 0.199. The van der Waals surface area contributed by atoms with Crippen LogP contribution in [-0.4, -0.2) is 69.0 Å². The van der Waals surface area contributed by atoms with Crippen LogP contribution in [-0.2, 0) is 23.2 Å². The van der Waals surface area contributed by atoms with E-state index in [1.807, 2.05) is 0 Å². The second-order valence-corrected chi connectivity index (χ2v) is 10.6. The van der Waals surface area contributed by atoms with E-state index >= 15 is 0 Å². The van der Waals surface area contributed by atoms with Gasteiger partial charge in [0, 0.05) is 32.8 Å². The van der Waals surface area contributed by atoms with Crippen molar-refractivity contribution in [2.75, 3.05) is 30.0 Å². The number of likely N-dealkylation sites (tertiary alicyclic amines) is 1. The van der Waals surface area contributed by atoms with Gasteiger partial charge in [0.15, 0.2) is 5.78 Å². The summed E-state index contributed by atoms with van der Waals surface area (Å²) in [6.07, 6.45) is 5.24. The van der Waals surface area contributed by atoms with E-state index in [4.69, 9.17) is 11.5 Å². The Morgan fingerprint density at radius 3 is 2.45 bits per heavy atom. The molecule has 16 heteroatoms. The van der Waals surface area contributed by atoms with Crippen LogP contribution in [0, 0.1) is 11.8 Å². The van der Waals surface area contributed by atoms with Gasteiger partial charge in [0.25, 0.3) is 11.5 Å². The van der Waals surface area contributed by atoms with E-state index in [0.29, 0.717) is 5.84 Å². The molecule has 4 rings (SSSR count). The molecule has 1 saturated carbocycles. The number of aromatic nitrogens is 2. The lowest BCUT2D eigenvalue weighted by Gasteiger charge is -2.25. The minimum Gasteiger partial charge on any atom is -0.402 e. The number of fused-ring (bicyclic) bond motifs is 2. The Morgan fingerprint density at radius 1 is 1.23 bits per heavy atom. The summed E-state index contributed by atoms with van der Waals surface area (Å²) in [4.78, 5) is 63.0. The number of nitrogens with two attached hydrogens (primary N) is 2. The number of anilines is 2. The lowest BCUT2D eigenvalue weighted by atomic mass is 10.2. The molecule has 6 N–H and O–H groups in total. The van der Waals surface area contributed by atoms with Gasteiger partial charge < -0.3 is 31.9 Å². The number of hydrogen-bond acceptors (Lipinski definition) is 10. The van der Waals surface area contributed by atoms with Crippen molar-refractivity contribution in [3.8, 4) is 0 Å². The number of carbonyl (C=O) groups excluding carboxylic acids is 2. The summed E-state index contributed by atoms with van der Waals surface area (Å²) < 4.78 is 29.2. The van der Waals surface area contributed by atoms with Crippen molar-refractivity contribution in [2.24, 2.45) is 40.3 Å². The van der Waals surface area contributed by atoms with Crippen LogP contribution in [0.1, 0.15) is 20.3 Å². The average Bonchev–Trinajstić information content (AvgIpc) is 3.43. The first-order valence-corrected chi connectivity index (χ1v) is 13.9. The summed E-state index contributed by atoms with van der Waals surface area (Å²) in [6.45, 7) is 10.6. The predicted octanol–water partition coefficient (Wildman–Crippen LogP) is 0.186. The fourth-order valence-corrected chi connectivity index (χ4v) is 5.21. The fourth-order valence-electron chi connectivity index (χ4n) is 5.21. The van der Waals surface area contributed by atoms with Crippen molar-refractivity contribution in [2.45, 2.75) is 38.8 Å². The van der Waals surface area contributed by atoms with Crippen LogP contribution >= 0.6 is 0 Å². The molecular formula is C28H36F2N10O4. The molecule has 0 radical (unpaired) electrons. The van der Waals surface area contributed by atoms with Crippen LogP contribution in [0.4, 0.5) is 20.3 Å². The first-order valence-electron chi connectivity index (χ1n) is 13.9. The van der Waals surface area contributed by atoms with Crippen LogP contribution < -0.4 is 38.2 Å². The number of ketones is 1. The normalized spacial score (nSPS) is 21.8. The molecule has 2 aliphatic heterocycles. The molecule has 1 aromatic heterocycles. The lowest BCUT2D eigenvalue weighted by Crippen LogP contribution is -2.48. The van der Waals surface area contributed by atoms with E-state index in [-0.39, 0.29) is 67.2 Å². The number of halogens is 2. The van der Waals surface area contributed by atoms with Crippen molar-refractivity contribution in [3.63, 3.8) is 0 Å². The minimum absolute atomic E-state index is 0.0382. The van der Waals surface area contributed by atoms with Crippen molar-refractivity contribution >= 4 is 34.7 Å². The van der Waals surface area contributed by atoms with Crippen LogP contribution in [0.25, 0.3) is 0 Å². The van der Waals surface area contributed by atoms with E-state index < -0.39 is 41.0 Å². The third-order valence-electron chi connectivity index (χ3n) is 7.99. The molecular weight excluding hydrogens is 578 g/mol. The van der Waals surface area contributed by atoms with Crippen LogP contribution in [0.2, 0.25) is 0 Å². The van der Waals surface area contributed by atoms with Crippen LogP contribution in [0.5, 0.6) is 0 Å². The van der Waals surface area contributed by atoms with Gasteiger partial charge in [0.05, 0.1) is 42.7 Å². The summed E-state index contributed by atoms with van der Waals surface area (Å²) in [6, 6.07) is -0.951. The molecule has 3 atom stereocenters. The fraction of sp³-hybridized carbons (Fsp3) is 0.429. The van der Waals surface area contributed by atoms with Gasteiger partial charge in [-0.2, -0.15) is 0 Å². The smallest absolute Gasteiger partial charge is 0.332 e. The maximum absolute atomic E-state index is 13.6. The number of rotatable bonds is 11. The number of amidine groups is 1. The highest BCUT2D eigenvalue weighted by Gasteiger charge is 2.71. The number of allylic oxidation sites excluding steroid dienone is 1. The molecule has 44 heavy (non-hydrogen) atoms. The van der Waals surface area contributed by atoms with Crippen molar-refractivity contribution in [3.05, 3.63) is 70.1 Å². The van der Waals surface area contributed by atoms with Gasteiger partial charge in [0.2, 0.25) is 5.91 Å². The third kappa shape index (κ3) is 5.78. The number of nitrogens with one attached hydrogen (secondary N) is 2. The SMILES string of the molecule is C=CC(=N/C=C(N)/C(C=C)=N/C(=C\N)NC(=O)[C@H](C)N1CNc2c1c(=O)n(CC(=O)CC)c(=O)n2C)N1CC2C(C1)C2(F)F. The maximum Gasteiger partial charge on any atom is 0.332 e. The first kappa shape index (κ1) is 31.9. The zero-order valence-electron chi connectivity index (χ0n) is 24.7. The predicted molar refractivity (Wildman–Crippen MR) is 163 cm³/mol. The number of nitrogens with zero attached hydrogens (tertiary/aromatic N) is 6. The highest BCUT2D eigenvalue weighted by molar-refractivity contribution is 6.08. The minimum atomic E-state index is -2.63. The molecule has 0 bridgehead atoms. The van der Waals surface area contributed by atoms with Crippen molar-refractivity contribution in [1.82, 2.24) is 19.4 Å². The zero-order valence-corrected chi connectivity index (χ0v) is 24.7. The van der Waals surface area contributed by atoms with Crippen LogP contribution in [0.15, 0.2) is 68.8 Å². The number of carbonyl (C=O) groups is 2. The molecule has 0 aromatic carbocycles. The highest BCUT2D eigenvalue weighted by Crippen LogP contribution is 2.59. The Balaban J connectivity index is 1.50. The highest BCUT2D eigenvalue weighted by atomic mass is 19.3. The van der Waals surface area contributed by atoms with Crippen molar-refractivity contribution in [1.29, 1.82) is 0 Å². The van der Waals surface area contributed by atoms with Gasteiger partial charge in [-0.1, -0.05) is 20.1 Å². The monoisotopic (exact) mass is 614 g/mol. The molecule has 1 saturated heterocycles. The van der Waals surface area contributed by atoms with E-state index in [0.717, 1.165) is 10.8 Å². The number of Topliss-reactive ketones (excluding diaryl/α,β-unsaturated/α-hetero) is 1. The Hall–Kier alpha value is -5.02. The van der Waals surface area contributed by atoms with E-state index in [1.165, 1.54) is 34.9 Å². The van der Waals surface area contributed by atoms with Gasteiger partial charge in [0.1, 0.15) is 29.2 Å². The van der Waals surface area contributed by atoms with Gasteiger partial charge in [-0.3, -0.25) is 23.5 Å². The van der Waals surface area contributed by atoms with Gasteiger partial charge >= 0.3 is 5.69 Å². The summed E-state index contributed by atoms with van der Waals surface area (Å²) >= 11 is 0. The standard InChI is InChI=1S/C28H36F2N10O4/c1-6-16(41)11-39-26(43)23-24(37(5)27(39)44)34-14-40(23)15(4)25(42)36-21(9-31)35-20(7-2)19(32)10-33-22(8-3)38-12-17-18(13-38)28(17,29)30/h7-10,15,17-18,34H,2-3,6,11-14,31-32H2,1,4-5H3,(H,36,42)/b19-10-,21-9+,33-22?,35-20+/t15-,17?,18?/m0/s1. The number of amides is 1. The Kier molecular flexibility index (Phi) is 8.92. The molecule has 1 aliphatic carbocycles. The Labute approximate surface area is 251 Å². The molecule has 0 spiro atoms. The average molecular weight is 615 g/mol. The number of alkyl halides is 2. The molecule has 236 valence electrons. The Morgan fingerprint density at radius 2 is 1.89 bits per heavy atom. The van der Waals surface area contributed by atoms with E-state index in [2.05, 4.69) is 33.8 Å². The molecule has 2 unspecified atom stereocenters. The largest absolute Gasteiger partial charge is 0.402 e. The van der Waals surface area contributed by atoms with Gasteiger partial charge in [-0.15, -0.1) is 0 Å². The summed E-state index contributed by atoms with van der Waals surface area (Å²) in [5.41, 5.74) is 10.7. The maximum atomic E-state index is 13.6. The summed E-state index contributed by atoms with van der Waals surface area (Å²) in [5, 5.41) is 5.54. The van der Waals surface area contributed by atoms with Crippen LogP contribution in [0.3, 0.4) is 0 Å². The Bertz CT molecular complexity index is 1620. The molecule has 1 amide bonds. The number of piperidine rings is 1. The molecule has 1 aromatic rings. The van der Waals surface area contributed by atoms with Gasteiger partial charge in [-0.05, 0) is 19.1 Å². The van der Waals surface area contributed by atoms with Crippen molar-refractivity contribution < 1.29 is 18.4 Å². The number of hydrogen-bond donors (Lipinski definition) is 4. The van der Waals surface area contributed by atoms with Gasteiger partial charge in [-0.25, -0.2) is 23.6 Å². The zero-order chi connectivity index (χ0) is 32.5. The third-order valence-corrected chi connectivity index (χ3v) is 7.99. The second kappa shape index (κ2) is 12.3. The lowest BCUT2D eigenvalue weighted by molar-refractivity contribution is -0.121. The first-order chi connectivity index (χ1) is 20.8. The molecule has 14 nitrogen and oxygen atoms in total. The topological polar surface area (TPSA) is 185 Å². The molecule has 2 fully saturated rings. The second-order valence-electron chi connectivity index (χ2n) is 10.6. The molecule has 3 heterocycles.